The summed E-state index contributed by atoms with van der Waals surface area (Å²) in [4.78, 5) is 11.2. The third-order valence-electron chi connectivity index (χ3n) is 2.87. The normalized spacial score (nSPS) is 13.1. The smallest absolute Gasteiger partial charge is 0.307 e. The van der Waals surface area contributed by atoms with Crippen molar-refractivity contribution in [2.24, 2.45) is 11.8 Å². The van der Waals surface area contributed by atoms with Crippen molar-refractivity contribution in [1.82, 2.24) is 0 Å². The molecule has 0 aliphatic carbocycles. The Kier molecular flexibility index (Phi) is 6.20. The van der Waals surface area contributed by atoms with Gasteiger partial charge in [0.25, 0.3) is 0 Å². The van der Waals surface area contributed by atoms with Crippen LogP contribution in [0.3, 0.4) is 0 Å². The van der Waals surface area contributed by atoms with E-state index in [4.69, 9.17) is 0 Å². The second-order valence-electron chi connectivity index (χ2n) is 5.06. The number of hydrogen-bond donors (Lipinski definition) is 1. The van der Waals surface area contributed by atoms with Crippen LogP contribution in [0.25, 0.3) is 0 Å². The molecule has 0 radical (unpaired) electrons. The average molecular weight is 246 g/mol. The summed E-state index contributed by atoms with van der Waals surface area (Å²) in [5, 5.41) is 9.21. The van der Waals surface area contributed by atoms with E-state index in [9.17, 15) is 9.90 Å². The molecule has 98 valence electrons. The first-order chi connectivity index (χ1) is 8.59. The highest BCUT2D eigenvalue weighted by Crippen LogP contribution is 2.14. The fraction of sp³-hybridized carbons (Fsp3) is 0.438. The third kappa shape index (κ3) is 5.67. The number of benzene rings is 1. The molecule has 1 N–H and O–H groups in total. The van der Waals surface area contributed by atoms with E-state index in [0.29, 0.717) is 18.8 Å². The number of carboxylic acids is 1. The first-order valence-corrected chi connectivity index (χ1v) is 6.51. The Balaban J connectivity index is 2.51. The molecule has 0 aromatic heterocycles. The monoisotopic (exact) mass is 246 g/mol. The summed E-state index contributed by atoms with van der Waals surface area (Å²) in [5.74, 6) is -0.414. The minimum atomic E-state index is -0.715. The predicted molar refractivity (Wildman–Crippen MR) is 74.5 cm³/mol. The van der Waals surface area contributed by atoms with Gasteiger partial charge in [-0.25, -0.2) is 0 Å². The van der Waals surface area contributed by atoms with Crippen LogP contribution in [-0.4, -0.2) is 11.1 Å². The Morgan fingerprint density at radius 3 is 2.33 bits per heavy atom. The zero-order valence-corrected chi connectivity index (χ0v) is 11.2. The summed E-state index contributed by atoms with van der Waals surface area (Å²) >= 11 is 0. The van der Waals surface area contributed by atoms with Crippen LogP contribution < -0.4 is 0 Å². The SMILES string of the molecule is CC(C)C/C=C/C[C@@H](Cc1ccccc1)C(=O)O. The number of carbonyl (C=O) groups is 1. The Hall–Kier alpha value is -1.57. The Morgan fingerprint density at radius 1 is 1.17 bits per heavy atom. The third-order valence-corrected chi connectivity index (χ3v) is 2.87. The fourth-order valence-corrected chi connectivity index (χ4v) is 1.80. The zero-order valence-electron chi connectivity index (χ0n) is 11.2. The van der Waals surface area contributed by atoms with E-state index in [1.54, 1.807) is 0 Å². The lowest BCUT2D eigenvalue weighted by molar-refractivity contribution is -0.141. The van der Waals surface area contributed by atoms with E-state index >= 15 is 0 Å². The number of allylic oxidation sites excluding steroid dienone is 2. The molecule has 0 aliphatic rings. The summed E-state index contributed by atoms with van der Waals surface area (Å²) in [6.07, 6.45) is 6.31. The molecule has 18 heavy (non-hydrogen) atoms. The van der Waals surface area contributed by atoms with E-state index in [2.05, 4.69) is 19.9 Å². The van der Waals surface area contributed by atoms with Gasteiger partial charge in [0.05, 0.1) is 5.92 Å². The van der Waals surface area contributed by atoms with Crippen molar-refractivity contribution in [1.29, 1.82) is 0 Å². The summed E-state index contributed by atoms with van der Waals surface area (Å²) in [6.45, 7) is 4.31. The molecule has 0 aliphatic heterocycles. The molecule has 0 heterocycles. The maximum atomic E-state index is 11.2. The highest BCUT2D eigenvalue weighted by Gasteiger charge is 2.16. The van der Waals surface area contributed by atoms with Gasteiger partial charge in [-0.1, -0.05) is 56.3 Å². The van der Waals surface area contributed by atoms with Gasteiger partial charge in [0.1, 0.15) is 0 Å². The zero-order chi connectivity index (χ0) is 13.4. The Bertz CT molecular complexity index is 379. The number of carboxylic acid groups (broad SMARTS) is 1. The molecular formula is C16H22O2. The molecule has 0 saturated heterocycles. The summed E-state index contributed by atoms with van der Waals surface area (Å²) in [7, 11) is 0. The molecule has 0 unspecified atom stereocenters. The van der Waals surface area contributed by atoms with Crippen LogP contribution in [0.15, 0.2) is 42.5 Å². The molecule has 2 nitrogen and oxygen atoms in total. The van der Waals surface area contributed by atoms with Crippen molar-refractivity contribution in [2.45, 2.75) is 33.1 Å². The molecule has 1 atom stereocenters. The number of rotatable bonds is 7. The Labute approximate surface area is 109 Å². The largest absolute Gasteiger partial charge is 0.481 e. The van der Waals surface area contributed by atoms with Crippen molar-refractivity contribution in [3.8, 4) is 0 Å². The van der Waals surface area contributed by atoms with Crippen LogP contribution in [0.5, 0.6) is 0 Å². The van der Waals surface area contributed by atoms with Crippen molar-refractivity contribution < 1.29 is 9.90 Å². The van der Waals surface area contributed by atoms with Crippen LogP contribution in [0.1, 0.15) is 32.3 Å². The average Bonchev–Trinajstić information content (AvgIpc) is 2.33. The second-order valence-corrected chi connectivity index (χ2v) is 5.06. The molecule has 0 spiro atoms. The van der Waals surface area contributed by atoms with E-state index in [1.807, 2.05) is 36.4 Å². The van der Waals surface area contributed by atoms with Gasteiger partial charge in [0, 0.05) is 0 Å². The maximum Gasteiger partial charge on any atom is 0.307 e. The number of hydrogen-bond acceptors (Lipinski definition) is 1. The van der Waals surface area contributed by atoms with Gasteiger partial charge >= 0.3 is 5.97 Å². The van der Waals surface area contributed by atoms with Crippen LogP contribution in [-0.2, 0) is 11.2 Å². The highest BCUT2D eigenvalue weighted by molar-refractivity contribution is 5.70. The minimum absolute atomic E-state index is 0.323. The minimum Gasteiger partial charge on any atom is -0.481 e. The molecule has 0 bridgehead atoms. The van der Waals surface area contributed by atoms with Crippen LogP contribution in [0.4, 0.5) is 0 Å². The van der Waals surface area contributed by atoms with Crippen LogP contribution in [0, 0.1) is 11.8 Å². The Morgan fingerprint density at radius 2 is 1.78 bits per heavy atom. The molecule has 2 heteroatoms. The van der Waals surface area contributed by atoms with Gasteiger partial charge < -0.3 is 5.11 Å². The van der Waals surface area contributed by atoms with E-state index in [0.717, 1.165) is 12.0 Å². The van der Waals surface area contributed by atoms with Crippen molar-refractivity contribution >= 4 is 5.97 Å². The molecule has 0 saturated carbocycles. The van der Waals surface area contributed by atoms with Gasteiger partial charge in [-0.05, 0) is 30.7 Å². The molecule has 1 rings (SSSR count). The van der Waals surface area contributed by atoms with Crippen molar-refractivity contribution in [3.05, 3.63) is 48.0 Å². The van der Waals surface area contributed by atoms with E-state index in [1.165, 1.54) is 0 Å². The highest BCUT2D eigenvalue weighted by atomic mass is 16.4. The van der Waals surface area contributed by atoms with Gasteiger partial charge in [-0.15, -0.1) is 0 Å². The molecule has 0 amide bonds. The van der Waals surface area contributed by atoms with Crippen LogP contribution in [0.2, 0.25) is 0 Å². The quantitative estimate of drug-likeness (QED) is 0.740. The lowest BCUT2D eigenvalue weighted by Crippen LogP contribution is -2.15. The topological polar surface area (TPSA) is 37.3 Å². The summed E-state index contributed by atoms with van der Waals surface area (Å²) in [6, 6.07) is 9.80. The molecule has 1 aromatic rings. The predicted octanol–water partition coefficient (Wildman–Crippen LogP) is 3.92. The lowest BCUT2D eigenvalue weighted by Gasteiger charge is -2.10. The fourth-order valence-electron chi connectivity index (χ4n) is 1.80. The summed E-state index contributed by atoms with van der Waals surface area (Å²) < 4.78 is 0. The van der Waals surface area contributed by atoms with Gasteiger partial charge in [0.15, 0.2) is 0 Å². The first kappa shape index (κ1) is 14.5. The van der Waals surface area contributed by atoms with Crippen molar-refractivity contribution in [2.75, 3.05) is 0 Å². The van der Waals surface area contributed by atoms with Gasteiger partial charge in [-0.3, -0.25) is 4.79 Å². The van der Waals surface area contributed by atoms with E-state index < -0.39 is 5.97 Å². The lowest BCUT2D eigenvalue weighted by atomic mass is 9.96. The molecular weight excluding hydrogens is 224 g/mol. The molecule has 0 fully saturated rings. The number of aliphatic carboxylic acids is 1. The maximum absolute atomic E-state index is 11.2. The standard InChI is InChI=1S/C16H22O2/c1-13(2)8-6-7-11-15(16(17)18)12-14-9-4-3-5-10-14/h3-7,9-10,13,15H,8,11-12H2,1-2H3,(H,17,18)/b7-6+/t15-/m0/s1. The molecule has 1 aromatic carbocycles. The first-order valence-electron chi connectivity index (χ1n) is 6.51. The van der Waals surface area contributed by atoms with Crippen LogP contribution >= 0.6 is 0 Å². The van der Waals surface area contributed by atoms with Crippen molar-refractivity contribution in [3.63, 3.8) is 0 Å². The van der Waals surface area contributed by atoms with E-state index in [-0.39, 0.29) is 5.92 Å². The summed E-state index contributed by atoms with van der Waals surface area (Å²) in [5.41, 5.74) is 1.09. The van der Waals surface area contributed by atoms with Gasteiger partial charge in [-0.2, -0.15) is 0 Å². The second kappa shape index (κ2) is 7.70. The van der Waals surface area contributed by atoms with Gasteiger partial charge in [0.2, 0.25) is 0 Å².